The highest BCUT2D eigenvalue weighted by Gasteiger charge is 2.19. The normalized spacial score (nSPS) is 12.6. The molecule has 0 aliphatic carbocycles. The molecule has 19 heavy (non-hydrogen) atoms. The second-order valence-corrected chi connectivity index (χ2v) is 4.69. The molecule has 0 spiro atoms. The molecule has 1 aromatic heterocycles. The molecule has 0 radical (unpaired) electrons. The van der Waals surface area contributed by atoms with Gasteiger partial charge in [0.05, 0.1) is 5.92 Å². The van der Waals surface area contributed by atoms with E-state index in [-0.39, 0.29) is 11.8 Å². The van der Waals surface area contributed by atoms with Crippen LogP contribution in [0.2, 0.25) is 0 Å². The SMILES string of the molecule is CCC(CN)C(=O)N(C)Cc1ccc2ncoc2c1. The summed E-state index contributed by atoms with van der Waals surface area (Å²) < 4.78 is 5.26. The van der Waals surface area contributed by atoms with Gasteiger partial charge >= 0.3 is 0 Å². The quantitative estimate of drug-likeness (QED) is 0.890. The van der Waals surface area contributed by atoms with Crippen LogP contribution < -0.4 is 5.73 Å². The molecule has 5 heteroatoms. The first-order valence-corrected chi connectivity index (χ1v) is 6.42. The molecule has 0 bridgehead atoms. The maximum Gasteiger partial charge on any atom is 0.226 e. The van der Waals surface area contributed by atoms with Crippen molar-refractivity contribution in [1.82, 2.24) is 9.88 Å². The van der Waals surface area contributed by atoms with Crippen LogP contribution in [0, 0.1) is 5.92 Å². The van der Waals surface area contributed by atoms with E-state index in [1.807, 2.05) is 25.1 Å². The Morgan fingerprint density at radius 1 is 1.53 bits per heavy atom. The van der Waals surface area contributed by atoms with Crippen molar-refractivity contribution in [2.75, 3.05) is 13.6 Å². The van der Waals surface area contributed by atoms with Crippen LogP contribution in [0.4, 0.5) is 0 Å². The van der Waals surface area contributed by atoms with E-state index in [4.69, 9.17) is 10.2 Å². The number of rotatable bonds is 5. The van der Waals surface area contributed by atoms with Crippen LogP contribution in [0.25, 0.3) is 11.1 Å². The number of hydrogen-bond donors (Lipinski definition) is 1. The Bertz CT molecular complexity index is 561. The van der Waals surface area contributed by atoms with E-state index < -0.39 is 0 Å². The summed E-state index contributed by atoms with van der Waals surface area (Å²) in [7, 11) is 1.80. The van der Waals surface area contributed by atoms with E-state index in [2.05, 4.69) is 4.98 Å². The fourth-order valence-corrected chi connectivity index (χ4v) is 2.10. The Balaban J connectivity index is 2.09. The summed E-state index contributed by atoms with van der Waals surface area (Å²) in [5, 5.41) is 0. The summed E-state index contributed by atoms with van der Waals surface area (Å²) in [5.41, 5.74) is 8.19. The fourth-order valence-electron chi connectivity index (χ4n) is 2.10. The Morgan fingerprint density at radius 3 is 3.00 bits per heavy atom. The molecule has 2 N–H and O–H groups in total. The Kier molecular flexibility index (Phi) is 4.16. The van der Waals surface area contributed by atoms with Gasteiger partial charge in [-0.15, -0.1) is 0 Å². The van der Waals surface area contributed by atoms with Crippen LogP contribution in [-0.2, 0) is 11.3 Å². The first-order chi connectivity index (χ1) is 9.15. The molecule has 1 amide bonds. The summed E-state index contributed by atoms with van der Waals surface area (Å²) in [6, 6.07) is 5.76. The number of amides is 1. The minimum absolute atomic E-state index is 0.0858. The smallest absolute Gasteiger partial charge is 0.226 e. The van der Waals surface area contributed by atoms with Crippen molar-refractivity contribution >= 4 is 17.0 Å². The summed E-state index contributed by atoms with van der Waals surface area (Å²) in [6.07, 6.45) is 2.19. The van der Waals surface area contributed by atoms with Gasteiger partial charge in [-0.3, -0.25) is 4.79 Å². The molecule has 0 saturated carbocycles. The molecule has 5 nitrogen and oxygen atoms in total. The zero-order chi connectivity index (χ0) is 13.8. The lowest BCUT2D eigenvalue weighted by Gasteiger charge is -2.22. The molecular formula is C14H19N3O2. The van der Waals surface area contributed by atoms with Crippen LogP contribution in [0.15, 0.2) is 29.0 Å². The predicted octanol–water partition coefficient (Wildman–Crippen LogP) is 1.77. The van der Waals surface area contributed by atoms with Gasteiger partial charge in [-0.1, -0.05) is 13.0 Å². The van der Waals surface area contributed by atoms with E-state index in [1.54, 1.807) is 11.9 Å². The molecule has 102 valence electrons. The van der Waals surface area contributed by atoms with E-state index in [9.17, 15) is 4.79 Å². The van der Waals surface area contributed by atoms with Gasteiger partial charge in [-0.05, 0) is 24.1 Å². The van der Waals surface area contributed by atoms with Crippen molar-refractivity contribution in [3.8, 4) is 0 Å². The first-order valence-electron chi connectivity index (χ1n) is 6.42. The molecule has 1 unspecified atom stereocenters. The third kappa shape index (κ3) is 2.93. The lowest BCUT2D eigenvalue weighted by Crippen LogP contribution is -2.35. The lowest BCUT2D eigenvalue weighted by molar-refractivity contribution is -0.134. The van der Waals surface area contributed by atoms with Crippen molar-refractivity contribution in [2.24, 2.45) is 11.7 Å². The molecule has 2 rings (SSSR count). The van der Waals surface area contributed by atoms with Crippen molar-refractivity contribution in [2.45, 2.75) is 19.9 Å². The maximum absolute atomic E-state index is 12.1. The van der Waals surface area contributed by atoms with Crippen LogP contribution in [-0.4, -0.2) is 29.4 Å². The van der Waals surface area contributed by atoms with E-state index >= 15 is 0 Å². The predicted molar refractivity (Wildman–Crippen MR) is 73.3 cm³/mol. The van der Waals surface area contributed by atoms with Gasteiger partial charge in [-0.25, -0.2) is 4.98 Å². The molecule has 0 aliphatic heterocycles. The average Bonchev–Trinajstić information content (AvgIpc) is 2.87. The minimum atomic E-state index is -0.0981. The maximum atomic E-state index is 12.1. The molecule has 0 saturated heterocycles. The number of carbonyl (C=O) groups excluding carboxylic acids is 1. The molecule has 2 aromatic rings. The number of hydrogen-bond acceptors (Lipinski definition) is 4. The molecule has 0 fully saturated rings. The molecule has 1 atom stereocenters. The van der Waals surface area contributed by atoms with Gasteiger partial charge in [0.15, 0.2) is 12.0 Å². The van der Waals surface area contributed by atoms with Crippen LogP contribution in [0.5, 0.6) is 0 Å². The number of aromatic nitrogens is 1. The zero-order valence-corrected chi connectivity index (χ0v) is 11.3. The number of oxazole rings is 1. The number of carbonyl (C=O) groups is 1. The van der Waals surface area contributed by atoms with Gasteiger partial charge in [0.1, 0.15) is 5.52 Å². The van der Waals surface area contributed by atoms with Gasteiger partial charge in [-0.2, -0.15) is 0 Å². The highest BCUT2D eigenvalue weighted by molar-refractivity contribution is 5.79. The molecular weight excluding hydrogens is 242 g/mol. The van der Waals surface area contributed by atoms with Crippen LogP contribution in [0.1, 0.15) is 18.9 Å². The third-order valence-corrected chi connectivity index (χ3v) is 3.32. The van der Waals surface area contributed by atoms with Crippen molar-refractivity contribution in [3.05, 3.63) is 30.2 Å². The molecule has 0 aliphatic rings. The highest BCUT2D eigenvalue weighted by Crippen LogP contribution is 2.16. The van der Waals surface area contributed by atoms with Gasteiger partial charge in [0, 0.05) is 20.1 Å². The van der Waals surface area contributed by atoms with E-state index in [1.165, 1.54) is 6.39 Å². The topological polar surface area (TPSA) is 72.4 Å². The van der Waals surface area contributed by atoms with Crippen molar-refractivity contribution < 1.29 is 9.21 Å². The monoisotopic (exact) mass is 261 g/mol. The van der Waals surface area contributed by atoms with E-state index in [0.29, 0.717) is 13.1 Å². The number of benzene rings is 1. The Hall–Kier alpha value is -1.88. The average molecular weight is 261 g/mol. The largest absolute Gasteiger partial charge is 0.443 e. The number of nitrogens with two attached hydrogens (primary N) is 1. The minimum Gasteiger partial charge on any atom is -0.443 e. The Morgan fingerprint density at radius 2 is 2.32 bits per heavy atom. The summed E-state index contributed by atoms with van der Waals surface area (Å²) in [6.45, 7) is 2.91. The number of nitrogens with zero attached hydrogens (tertiary/aromatic N) is 2. The first kappa shape index (κ1) is 13.5. The summed E-state index contributed by atoms with van der Waals surface area (Å²) >= 11 is 0. The molecule has 1 heterocycles. The highest BCUT2D eigenvalue weighted by atomic mass is 16.3. The second kappa shape index (κ2) is 5.84. The molecule has 1 aromatic carbocycles. The number of fused-ring (bicyclic) bond motifs is 1. The van der Waals surface area contributed by atoms with Crippen molar-refractivity contribution in [1.29, 1.82) is 0 Å². The zero-order valence-electron chi connectivity index (χ0n) is 11.3. The van der Waals surface area contributed by atoms with Crippen LogP contribution >= 0.6 is 0 Å². The summed E-state index contributed by atoms with van der Waals surface area (Å²) in [4.78, 5) is 17.9. The standard InChI is InChI=1S/C14H19N3O2/c1-3-11(7-15)14(18)17(2)8-10-4-5-12-13(6-10)19-9-16-12/h4-6,9,11H,3,7-8,15H2,1-2H3. The van der Waals surface area contributed by atoms with Crippen LogP contribution in [0.3, 0.4) is 0 Å². The van der Waals surface area contributed by atoms with Gasteiger partial charge < -0.3 is 15.1 Å². The second-order valence-electron chi connectivity index (χ2n) is 4.69. The van der Waals surface area contributed by atoms with E-state index in [0.717, 1.165) is 23.1 Å². The van der Waals surface area contributed by atoms with Gasteiger partial charge in [0.2, 0.25) is 5.91 Å². The van der Waals surface area contributed by atoms with Crippen molar-refractivity contribution in [3.63, 3.8) is 0 Å². The fraction of sp³-hybridized carbons (Fsp3) is 0.429. The Labute approximate surface area is 112 Å². The third-order valence-electron chi connectivity index (χ3n) is 3.32. The summed E-state index contributed by atoms with van der Waals surface area (Å²) in [5.74, 6) is -0.0123. The van der Waals surface area contributed by atoms with Gasteiger partial charge in [0.25, 0.3) is 0 Å². The lowest BCUT2D eigenvalue weighted by atomic mass is 10.1.